The summed E-state index contributed by atoms with van der Waals surface area (Å²) in [6.07, 6.45) is 0.306. The van der Waals surface area contributed by atoms with Gasteiger partial charge in [0.1, 0.15) is 6.04 Å². The number of piperidine rings is 1. The molecule has 2 amide bonds. The maximum atomic E-state index is 12.3. The zero-order valence-electron chi connectivity index (χ0n) is 11.3. The average Bonchev–Trinajstić information content (AvgIpc) is 2.35. The summed E-state index contributed by atoms with van der Waals surface area (Å²) < 4.78 is 27.0. The van der Waals surface area contributed by atoms with Gasteiger partial charge in [-0.05, 0) is 37.5 Å². The molecular formula is C13H16N2O4S. The number of hydrogen-bond donors (Lipinski definition) is 2. The Kier molecular flexibility index (Phi) is 3.92. The molecule has 0 aliphatic carbocycles. The Hall–Kier alpha value is -1.73. The first-order chi connectivity index (χ1) is 9.29. The molecular weight excluding hydrogens is 280 g/mol. The van der Waals surface area contributed by atoms with Gasteiger partial charge in [0.25, 0.3) is 0 Å². The van der Waals surface area contributed by atoms with Crippen LogP contribution in [0, 0.1) is 13.8 Å². The van der Waals surface area contributed by atoms with Crippen molar-refractivity contribution in [1.29, 1.82) is 0 Å². The Bertz CT molecular complexity index is 667. The topological polar surface area (TPSA) is 92.3 Å². The molecule has 1 aliphatic heterocycles. The number of hydrogen-bond acceptors (Lipinski definition) is 4. The van der Waals surface area contributed by atoms with E-state index in [2.05, 4.69) is 10.0 Å². The average molecular weight is 296 g/mol. The van der Waals surface area contributed by atoms with E-state index in [-0.39, 0.29) is 23.6 Å². The molecule has 2 rings (SSSR count). The van der Waals surface area contributed by atoms with Crippen molar-refractivity contribution < 1.29 is 18.0 Å². The minimum absolute atomic E-state index is 0.131. The number of imide groups is 1. The van der Waals surface area contributed by atoms with E-state index in [0.29, 0.717) is 5.56 Å². The fourth-order valence-electron chi connectivity index (χ4n) is 2.05. The summed E-state index contributed by atoms with van der Waals surface area (Å²) in [6.45, 7) is 3.49. The van der Waals surface area contributed by atoms with Crippen molar-refractivity contribution in [2.45, 2.75) is 37.6 Å². The largest absolute Gasteiger partial charge is 0.295 e. The van der Waals surface area contributed by atoms with Crippen LogP contribution in [0.1, 0.15) is 24.0 Å². The Morgan fingerprint density at radius 1 is 1.25 bits per heavy atom. The van der Waals surface area contributed by atoms with Gasteiger partial charge in [-0.1, -0.05) is 12.1 Å². The molecule has 1 saturated heterocycles. The highest BCUT2D eigenvalue weighted by atomic mass is 32.2. The summed E-state index contributed by atoms with van der Waals surface area (Å²) in [6, 6.07) is 4.19. The van der Waals surface area contributed by atoms with Gasteiger partial charge in [-0.25, -0.2) is 8.42 Å². The third kappa shape index (κ3) is 3.05. The number of benzene rings is 1. The number of nitrogens with one attached hydrogen (secondary N) is 2. The predicted octanol–water partition coefficient (Wildman–Crippen LogP) is 0.387. The maximum absolute atomic E-state index is 12.3. The van der Waals surface area contributed by atoms with E-state index in [4.69, 9.17) is 0 Å². The van der Waals surface area contributed by atoms with E-state index in [1.807, 2.05) is 6.07 Å². The van der Waals surface area contributed by atoms with Gasteiger partial charge >= 0.3 is 0 Å². The van der Waals surface area contributed by atoms with Gasteiger partial charge < -0.3 is 0 Å². The van der Waals surface area contributed by atoms with Crippen LogP contribution < -0.4 is 10.0 Å². The van der Waals surface area contributed by atoms with Crippen molar-refractivity contribution in [3.8, 4) is 0 Å². The Morgan fingerprint density at radius 2 is 1.95 bits per heavy atom. The van der Waals surface area contributed by atoms with Gasteiger partial charge in [0.15, 0.2) is 0 Å². The fraction of sp³-hybridized carbons (Fsp3) is 0.385. The van der Waals surface area contributed by atoms with Crippen molar-refractivity contribution in [1.82, 2.24) is 10.0 Å². The number of amides is 2. The molecule has 1 aromatic carbocycles. The molecule has 1 heterocycles. The minimum Gasteiger partial charge on any atom is -0.295 e. The van der Waals surface area contributed by atoms with Crippen molar-refractivity contribution in [3.05, 3.63) is 29.3 Å². The smallest absolute Gasteiger partial charge is 0.244 e. The van der Waals surface area contributed by atoms with E-state index >= 15 is 0 Å². The second-order valence-corrected chi connectivity index (χ2v) is 6.58. The zero-order chi connectivity index (χ0) is 14.9. The van der Waals surface area contributed by atoms with Gasteiger partial charge in [0.05, 0.1) is 4.90 Å². The van der Waals surface area contributed by atoms with Crippen LogP contribution >= 0.6 is 0 Å². The molecule has 1 aromatic rings. The Balaban J connectivity index is 2.25. The zero-order valence-corrected chi connectivity index (χ0v) is 12.1. The van der Waals surface area contributed by atoms with Crippen LogP contribution in [-0.4, -0.2) is 26.3 Å². The van der Waals surface area contributed by atoms with E-state index in [9.17, 15) is 18.0 Å². The summed E-state index contributed by atoms with van der Waals surface area (Å²) in [5.41, 5.74) is 1.43. The number of aryl methyl sites for hydroxylation is 2. The van der Waals surface area contributed by atoms with E-state index in [0.717, 1.165) is 5.56 Å². The fourth-order valence-corrected chi connectivity index (χ4v) is 3.61. The lowest BCUT2D eigenvalue weighted by Gasteiger charge is -2.22. The van der Waals surface area contributed by atoms with Crippen LogP contribution in [-0.2, 0) is 19.6 Å². The minimum atomic E-state index is -3.79. The molecule has 1 fully saturated rings. The lowest BCUT2D eigenvalue weighted by molar-refractivity contribution is -0.134. The van der Waals surface area contributed by atoms with Gasteiger partial charge in [-0.15, -0.1) is 0 Å². The summed E-state index contributed by atoms with van der Waals surface area (Å²) in [5.74, 6) is -0.979. The third-order valence-corrected chi connectivity index (χ3v) is 4.78. The number of carbonyl (C=O) groups is 2. The third-order valence-electron chi connectivity index (χ3n) is 3.17. The van der Waals surface area contributed by atoms with Crippen LogP contribution in [0.2, 0.25) is 0 Å². The molecule has 1 atom stereocenters. The molecule has 0 radical (unpaired) electrons. The highest BCUT2D eigenvalue weighted by Crippen LogP contribution is 2.18. The molecule has 20 heavy (non-hydrogen) atoms. The van der Waals surface area contributed by atoms with Crippen molar-refractivity contribution >= 4 is 21.8 Å². The summed E-state index contributed by atoms with van der Waals surface area (Å²) >= 11 is 0. The highest BCUT2D eigenvalue weighted by Gasteiger charge is 2.31. The van der Waals surface area contributed by atoms with Crippen LogP contribution in [0.15, 0.2) is 23.1 Å². The van der Waals surface area contributed by atoms with Crippen molar-refractivity contribution in [3.63, 3.8) is 0 Å². The number of carbonyl (C=O) groups excluding carboxylic acids is 2. The Labute approximate surface area is 117 Å². The van der Waals surface area contributed by atoms with Crippen LogP contribution in [0.5, 0.6) is 0 Å². The summed E-state index contributed by atoms with van der Waals surface area (Å²) in [7, 11) is -3.79. The van der Waals surface area contributed by atoms with Gasteiger partial charge in [-0.2, -0.15) is 4.72 Å². The molecule has 7 heteroatoms. The molecule has 2 N–H and O–H groups in total. The second-order valence-electron chi connectivity index (χ2n) is 4.89. The van der Waals surface area contributed by atoms with Gasteiger partial charge in [0.2, 0.25) is 21.8 Å². The van der Waals surface area contributed by atoms with Crippen LogP contribution in [0.3, 0.4) is 0 Å². The molecule has 6 nitrogen and oxygen atoms in total. The lowest BCUT2D eigenvalue weighted by Crippen LogP contribution is -2.52. The first kappa shape index (κ1) is 14.7. The first-order valence-electron chi connectivity index (χ1n) is 6.23. The van der Waals surface area contributed by atoms with Crippen molar-refractivity contribution in [2.75, 3.05) is 0 Å². The molecule has 108 valence electrons. The van der Waals surface area contributed by atoms with Gasteiger partial charge in [0, 0.05) is 6.42 Å². The van der Waals surface area contributed by atoms with Crippen LogP contribution in [0.4, 0.5) is 0 Å². The van der Waals surface area contributed by atoms with E-state index < -0.39 is 22.0 Å². The molecule has 0 saturated carbocycles. The van der Waals surface area contributed by atoms with Crippen LogP contribution in [0.25, 0.3) is 0 Å². The van der Waals surface area contributed by atoms with Gasteiger partial charge in [-0.3, -0.25) is 14.9 Å². The number of sulfonamides is 1. The molecule has 1 aliphatic rings. The first-order valence-corrected chi connectivity index (χ1v) is 7.71. The predicted molar refractivity (Wildman–Crippen MR) is 72.4 cm³/mol. The Morgan fingerprint density at radius 3 is 2.60 bits per heavy atom. The monoisotopic (exact) mass is 296 g/mol. The molecule has 1 unspecified atom stereocenters. The molecule has 0 aromatic heterocycles. The maximum Gasteiger partial charge on any atom is 0.244 e. The highest BCUT2D eigenvalue weighted by molar-refractivity contribution is 7.89. The standard InChI is InChI=1S/C13H16N2O4S/c1-8-3-4-9(2)11(7-8)20(18,19)15-10-5-6-12(16)14-13(10)17/h3-4,7,10,15H,5-6H2,1-2H3,(H,14,16,17). The van der Waals surface area contributed by atoms with E-state index in [1.165, 1.54) is 0 Å². The summed E-state index contributed by atoms with van der Waals surface area (Å²) in [4.78, 5) is 22.8. The van der Waals surface area contributed by atoms with E-state index in [1.54, 1.807) is 26.0 Å². The molecule has 0 spiro atoms. The normalized spacial score (nSPS) is 19.8. The number of rotatable bonds is 3. The second kappa shape index (κ2) is 5.34. The quantitative estimate of drug-likeness (QED) is 0.789. The molecule has 0 bridgehead atoms. The van der Waals surface area contributed by atoms with Crippen molar-refractivity contribution in [2.24, 2.45) is 0 Å². The SMILES string of the molecule is Cc1ccc(C)c(S(=O)(=O)NC2CCC(=O)NC2=O)c1. The summed E-state index contributed by atoms with van der Waals surface area (Å²) in [5, 5.41) is 2.12. The lowest BCUT2D eigenvalue weighted by atomic mass is 10.1.